The van der Waals surface area contributed by atoms with Crippen LogP contribution in [0.4, 0.5) is 0 Å². The van der Waals surface area contributed by atoms with Crippen molar-refractivity contribution in [3.05, 3.63) is 35.4 Å². The lowest BCUT2D eigenvalue weighted by Crippen LogP contribution is -2.41. The molecule has 1 aliphatic rings. The zero-order valence-corrected chi connectivity index (χ0v) is 10.6. The number of hydrogen-bond donors (Lipinski definition) is 1. The first-order valence-electron chi connectivity index (χ1n) is 6.39. The van der Waals surface area contributed by atoms with Gasteiger partial charge >= 0.3 is 0 Å². The molecular formula is C15H20N2. The molecule has 2 heteroatoms. The predicted octanol–water partition coefficient (Wildman–Crippen LogP) is 2.99. The third-order valence-corrected chi connectivity index (χ3v) is 3.70. The van der Waals surface area contributed by atoms with Crippen molar-refractivity contribution in [2.24, 2.45) is 5.92 Å². The standard InChI is InChI=1S/C15H20N2/c1-11(9-16)10-17-14-7-13(8-14)15-6-4-3-5-12(15)2/h3-6,11,13-14,17H,7-8,10H2,1-2H3. The minimum atomic E-state index is 0.118. The summed E-state index contributed by atoms with van der Waals surface area (Å²) in [5.41, 5.74) is 2.90. The average Bonchev–Trinajstić information content (AvgIpc) is 2.28. The Kier molecular flexibility index (Phi) is 3.81. The Bertz CT molecular complexity index is 413. The minimum Gasteiger partial charge on any atom is -0.313 e. The van der Waals surface area contributed by atoms with Crippen molar-refractivity contribution < 1.29 is 0 Å². The minimum absolute atomic E-state index is 0.118. The van der Waals surface area contributed by atoms with Crippen LogP contribution in [0.1, 0.15) is 36.8 Å². The summed E-state index contributed by atoms with van der Waals surface area (Å²) < 4.78 is 0. The molecule has 1 N–H and O–H groups in total. The van der Waals surface area contributed by atoms with Gasteiger partial charge in [-0.1, -0.05) is 24.3 Å². The predicted molar refractivity (Wildman–Crippen MR) is 69.7 cm³/mol. The number of rotatable bonds is 4. The fraction of sp³-hybridized carbons (Fsp3) is 0.533. The summed E-state index contributed by atoms with van der Waals surface area (Å²) in [7, 11) is 0. The van der Waals surface area contributed by atoms with Gasteiger partial charge in [0.25, 0.3) is 0 Å². The molecule has 1 fully saturated rings. The number of nitrogens with zero attached hydrogens (tertiary/aromatic N) is 1. The van der Waals surface area contributed by atoms with Gasteiger partial charge in [-0.05, 0) is 43.7 Å². The lowest BCUT2D eigenvalue weighted by atomic mass is 9.74. The van der Waals surface area contributed by atoms with Gasteiger partial charge in [-0.25, -0.2) is 0 Å². The summed E-state index contributed by atoms with van der Waals surface area (Å²) in [6, 6.07) is 11.5. The van der Waals surface area contributed by atoms with Gasteiger partial charge in [0.15, 0.2) is 0 Å². The molecule has 2 nitrogen and oxygen atoms in total. The summed E-state index contributed by atoms with van der Waals surface area (Å²) in [4.78, 5) is 0. The summed E-state index contributed by atoms with van der Waals surface area (Å²) in [5, 5.41) is 12.2. The lowest BCUT2D eigenvalue weighted by molar-refractivity contribution is 0.285. The smallest absolute Gasteiger partial charge is 0.0666 e. The number of nitriles is 1. The Morgan fingerprint density at radius 3 is 2.76 bits per heavy atom. The summed E-state index contributed by atoms with van der Waals surface area (Å²) in [6.07, 6.45) is 2.42. The van der Waals surface area contributed by atoms with Crippen LogP contribution in [-0.4, -0.2) is 12.6 Å². The first kappa shape index (κ1) is 12.1. The van der Waals surface area contributed by atoms with E-state index in [-0.39, 0.29) is 5.92 Å². The summed E-state index contributed by atoms with van der Waals surface area (Å²) in [6.45, 7) is 4.97. The second-order valence-corrected chi connectivity index (χ2v) is 5.16. The molecule has 0 spiro atoms. The Hall–Kier alpha value is -1.33. The molecule has 17 heavy (non-hydrogen) atoms. The highest BCUT2D eigenvalue weighted by atomic mass is 14.9. The molecule has 90 valence electrons. The van der Waals surface area contributed by atoms with E-state index in [9.17, 15) is 0 Å². The number of hydrogen-bond acceptors (Lipinski definition) is 2. The Morgan fingerprint density at radius 2 is 2.12 bits per heavy atom. The van der Waals surface area contributed by atoms with E-state index >= 15 is 0 Å². The van der Waals surface area contributed by atoms with Crippen molar-refractivity contribution in [3.63, 3.8) is 0 Å². The van der Waals surface area contributed by atoms with E-state index in [1.807, 2.05) is 6.92 Å². The highest BCUT2D eigenvalue weighted by Gasteiger charge is 2.30. The van der Waals surface area contributed by atoms with E-state index in [1.54, 1.807) is 0 Å². The van der Waals surface area contributed by atoms with Gasteiger partial charge in [0.2, 0.25) is 0 Å². The van der Waals surface area contributed by atoms with E-state index in [1.165, 1.54) is 24.0 Å². The van der Waals surface area contributed by atoms with Crippen LogP contribution in [0.2, 0.25) is 0 Å². The highest BCUT2D eigenvalue weighted by molar-refractivity contribution is 5.31. The van der Waals surface area contributed by atoms with Gasteiger partial charge in [-0.15, -0.1) is 0 Å². The van der Waals surface area contributed by atoms with Crippen LogP contribution in [0, 0.1) is 24.2 Å². The van der Waals surface area contributed by atoms with Crippen LogP contribution in [0.15, 0.2) is 24.3 Å². The van der Waals surface area contributed by atoms with Crippen LogP contribution in [0.3, 0.4) is 0 Å². The van der Waals surface area contributed by atoms with Gasteiger partial charge < -0.3 is 5.32 Å². The molecule has 0 saturated heterocycles. The molecule has 0 aliphatic heterocycles. The van der Waals surface area contributed by atoms with Gasteiger partial charge in [0, 0.05) is 12.6 Å². The molecule has 0 bridgehead atoms. The number of aryl methyl sites for hydroxylation is 1. The maximum atomic E-state index is 8.71. The molecule has 1 saturated carbocycles. The average molecular weight is 228 g/mol. The molecule has 1 atom stereocenters. The van der Waals surface area contributed by atoms with Crippen molar-refractivity contribution in [2.45, 2.75) is 38.6 Å². The van der Waals surface area contributed by atoms with Crippen LogP contribution >= 0.6 is 0 Å². The molecule has 2 rings (SSSR count). The van der Waals surface area contributed by atoms with E-state index in [4.69, 9.17) is 5.26 Å². The molecular weight excluding hydrogens is 208 g/mol. The maximum Gasteiger partial charge on any atom is 0.0666 e. The highest BCUT2D eigenvalue weighted by Crippen LogP contribution is 2.38. The summed E-state index contributed by atoms with van der Waals surface area (Å²) in [5.74, 6) is 0.832. The number of nitrogens with one attached hydrogen (secondary N) is 1. The van der Waals surface area contributed by atoms with Crippen LogP contribution < -0.4 is 5.32 Å². The molecule has 1 aromatic rings. The van der Waals surface area contributed by atoms with E-state index in [2.05, 4.69) is 42.6 Å². The molecule has 0 radical (unpaired) electrons. The van der Waals surface area contributed by atoms with Gasteiger partial charge in [0.1, 0.15) is 0 Å². The summed E-state index contributed by atoms with van der Waals surface area (Å²) >= 11 is 0. The quantitative estimate of drug-likeness (QED) is 0.860. The van der Waals surface area contributed by atoms with Crippen molar-refractivity contribution in [2.75, 3.05) is 6.54 Å². The fourth-order valence-electron chi connectivity index (χ4n) is 2.47. The van der Waals surface area contributed by atoms with Crippen LogP contribution in [0.25, 0.3) is 0 Å². The van der Waals surface area contributed by atoms with E-state index < -0.39 is 0 Å². The maximum absolute atomic E-state index is 8.71. The van der Waals surface area contributed by atoms with Crippen LogP contribution in [0.5, 0.6) is 0 Å². The normalized spacial score (nSPS) is 24.8. The Balaban J connectivity index is 1.80. The fourth-order valence-corrected chi connectivity index (χ4v) is 2.47. The van der Waals surface area contributed by atoms with Crippen molar-refractivity contribution in [1.82, 2.24) is 5.32 Å². The van der Waals surface area contributed by atoms with E-state index in [0.717, 1.165) is 6.54 Å². The molecule has 1 aromatic carbocycles. The number of benzene rings is 1. The second-order valence-electron chi connectivity index (χ2n) is 5.16. The molecule has 0 aromatic heterocycles. The lowest BCUT2D eigenvalue weighted by Gasteiger charge is -2.37. The second kappa shape index (κ2) is 5.33. The van der Waals surface area contributed by atoms with Crippen molar-refractivity contribution >= 4 is 0 Å². The van der Waals surface area contributed by atoms with Crippen LogP contribution in [-0.2, 0) is 0 Å². The SMILES string of the molecule is Cc1ccccc1C1CC(NCC(C)C#N)C1. The Labute approximate surface area is 104 Å². The van der Waals surface area contributed by atoms with Gasteiger partial charge in [-0.3, -0.25) is 0 Å². The molecule has 0 amide bonds. The monoisotopic (exact) mass is 228 g/mol. The zero-order valence-electron chi connectivity index (χ0n) is 10.6. The first-order chi connectivity index (χ1) is 8.20. The topological polar surface area (TPSA) is 35.8 Å². The van der Waals surface area contributed by atoms with Crippen molar-refractivity contribution in [3.8, 4) is 6.07 Å². The van der Waals surface area contributed by atoms with Crippen molar-refractivity contribution in [1.29, 1.82) is 5.26 Å². The largest absolute Gasteiger partial charge is 0.313 e. The zero-order chi connectivity index (χ0) is 12.3. The van der Waals surface area contributed by atoms with Gasteiger partial charge in [-0.2, -0.15) is 5.26 Å². The van der Waals surface area contributed by atoms with Gasteiger partial charge in [0.05, 0.1) is 12.0 Å². The third kappa shape index (κ3) is 2.87. The third-order valence-electron chi connectivity index (χ3n) is 3.70. The molecule has 1 aliphatic carbocycles. The Morgan fingerprint density at radius 1 is 1.41 bits per heavy atom. The first-order valence-corrected chi connectivity index (χ1v) is 6.39. The molecule has 1 unspecified atom stereocenters. The molecule has 0 heterocycles. The van der Waals surface area contributed by atoms with E-state index in [0.29, 0.717) is 12.0 Å².